The molecule has 0 saturated carbocycles. The van der Waals surface area contributed by atoms with E-state index in [4.69, 9.17) is 5.11 Å². The zero-order valence-corrected chi connectivity index (χ0v) is 10.8. The van der Waals surface area contributed by atoms with Gasteiger partial charge in [-0.1, -0.05) is 11.8 Å². The van der Waals surface area contributed by atoms with Crippen LogP contribution in [0.1, 0.15) is 28.0 Å². The van der Waals surface area contributed by atoms with Gasteiger partial charge in [-0.3, -0.25) is 9.89 Å². The van der Waals surface area contributed by atoms with Crippen LogP contribution in [0.5, 0.6) is 0 Å². The van der Waals surface area contributed by atoms with E-state index in [0.717, 1.165) is 5.56 Å². The molecule has 0 unspecified atom stereocenters. The lowest BCUT2D eigenvalue weighted by molar-refractivity contribution is 0.0945. The maximum Gasteiger partial charge on any atom is 0.271 e. The minimum atomic E-state index is -0.292. The lowest BCUT2D eigenvalue weighted by Crippen LogP contribution is -2.24. The Kier molecular flexibility index (Phi) is 4.87. The van der Waals surface area contributed by atoms with Crippen LogP contribution in [0.25, 0.3) is 0 Å². The molecule has 20 heavy (non-hydrogen) atoms. The molecule has 2 rings (SSSR count). The summed E-state index contributed by atoms with van der Waals surface area (Å²) < 4.78 is 0. The SMILES string of the molecule is O=C(NCc1cn[nH]c1)c1ncccc1C#CCCO. The first-order chi connectivity index (χ1) is 9.81. The third-order valence-corrected chi connectivity index (χ3v) is 2.49. The van der Waals surface area contributed by atoms with E-state index in [9.17, 15) is 4.79 Å². The largest absolute Gasteiger partial charge is 0.395 e. The van der Waals surface area contributed by atoms with Gasteiger partial charge < -0.3 is 10.4 Å². The second-order valence-corrected chi connectivity index (χ2v) is 3.96. The van der Waals surface area contributed by atoms with Crippen molar-refractivity contribution in [1.82, 2.24) is 20.5 Å². The Labute approximate surface area is 116 Å². The molecule has 2 aromatic heterocycles. The first kappa shape index (κ1) is 13.8. The predicted molar refractivity (Wildman–Crippen MR) is 72.6 cm³/mol. The highest BCUT2D eigenvalue weighted by molar-refractivity contribution is 5.94. The van der Waals surface area contributed by atoms with E-state index in [1.165, 1.54) is 0 Å². The van der Waals surface area contributed by atoms with Crippen molar-refractivity contribution in [3.05, 3.63) is 47.5 Å². The van der Waals surface area contributed by atoms with Gasteiger partial charge in [0.25, 0.3) is 5.91 Å². The number of nitrogens with one attached hydrogen (secondary N) is 2. The first-order valence-corrected chi connectivity index (χ1v) is 6.12. The lowest BCUT2D eigenvalue weighted by Gasteiger charge is -2.04. The van der Waals surface area contributed by atoms with Crippen molar-refractivity contribution in [2.45, 2.75) is 13.0 Å². The average Bonchev–Trinajstić information content (AvgIpc) is 2.99. The van der Waals surface area contributed by atoms with Gasteiger partial charge in [-0.25, -0.2) is 4.98 Å². The second kappa shape index (κ2) is 7.07. The number of rotatable bonds is 4. The van der Waals surface area contributed by atoms with Gasteiger partial charge in [-0.05, 0) is 12.1 Å². The van der Waals surface area contributed by atoms with Crippen LogP contribution in [0.2, 0.25) is 0 Å². The molecule has 0 aliphatic carbocycles. The zero-order chi connectivity index (χ0) is 14.2. The number of amides is 1. The average molecular weight is 270 g/mol. The van der Waals surface area contributed by atoms with Crippen molar-refractivity contribution in [2.24, 2.45) is 0 Å². The summed E-state index contributed by atoms with van der Waals surface area (Å²) in [6, 6.07) is 3.44. The fourth-order valence-corrected chi connectivity index (χ4v) is 1.54. The van der Waals surface area contributed by atoms with Crippen molar-refractivity contribution in [3.8, 4) is 11.8 Å². The number of aromatic nitrogens is 3. The topological polar surface area (TPSA) is 90.9 Å². The molecule has 3 N–H and O–H groups in total. The number of aliphatic hydroxyl groups is 1. The molecule has 0 bridgehead atoms. The van der Waals surface area contributed by atoms with Gasteiger partial charge in [0.2, 0.25) is 0 Å². The third-order valence-electron chi connectivity index (χ3n) is 2.49. The molecule has 0 radical (unpaired) electrons. The minimum Gasteiger partial charge on any atom is -0.395 e. The Bertz CT molecular complexity index is 626. The normalized spacial score (nSPS) is 9.65. The number of carbonyl (C=O) groups is 1. The highest BCUT2D eigenvalue weighted by Gasteiger charge is 2.11. The molecule has 0 aliphatic heterocycles. The Morgan fingerprint density at radius 3 is 3.15 bits per heavy atom. The summed E-state index contributed by atoms with van der Waals surface area (Å²) >= 11 is 0. The predicted octanol–water partition coefficient (Wildman–Crippen LogP) is 0.469. The zero-order valence-electron chi connectivity index (χ0n) is 10.8. The maximum absolute atomic E-state index is 12.1. The smallest absolute Gasteiger partial charge is 0.271 e. The number of nitrogens with zero attached hydrogens (tertiary/aromatic N) is 2. The lowest BCUT2D eigenvalue weighted by atomic mass is 10.2. The summed E-state index contributed by atoms with van der Waals surface area (Å²) in [5.41, 5.74) is 1.70. The number of H-pyrrole nitrogens is 1. The molecular weight excluding hydrogens is 256 g/mol. The number of pyridine rings is 1. The van der Waals surface area contributed by atoms with Crippen LogP contribution in [0.3, 0.4) is 0 Å². The molecule has 2 aromatic rings. The summed E-state index contributed by atoms with van der Waals surface area (Å²) in [4.78, 5) is 16.1. The van der Waals surface area contributed by atoms with E-state index in [1.54, 1.807) is 30.7 Å². The van der Waals surface area contributed by atoms with Crippen LogP contribution in [0, 0.1) is 11.8 Å². The number of aliphatic hydroxyl groups excluding tert-OH is 1. The second-order valence-electron chi connectivity index (χ2n) is 3.96. The molecular formula is C14H14N4O2. The van der Waals surface area contributed by atoms with Crippen LogP contribution < -0.4 is 5.32 Å². The van der Waals surface area contributed by atoms with E-state index >= 15 is 0 Å². The van der Waals surface area contributed by atoms with E-state index in [0.29, 0.717) is 18.5 Å². The number of hydrogen-bond donors (Lipinski definition) is 3. The molecule has 0 saturated heterocycles. The van der Waals surface area contributed by atoms with Crippen LogP contribution in [-0.4, -0.2) is 32.8 Å². The van der Waals surface area contributed by atoms with Gasteiger partial charge >= 0.3 is 0 Å². The molecule has 6 nitrogen and oxygen atoms in total. The van der Waals surface area contributed by atoms with Crippen LogP contribution in [0.4, 0.5) is 0 Å². The molecule has 2 heterocycles. The highest BCUT2D eigenvalue weighted by atomic mass is 16.2. The van der Waals surface area contributed by atoms with Crippen LogP contribution in [-0.2, 0) is 6.54 Å². The van der Waals surface area contributed by atoms with Crippen LogP contribution >= 0.6 is 0 Å². The Hall–Kier alpha value is -2.65. The standard InChI is InChI=1S/C14H14N4O2/c19-7-2-1-4-12-5-3-6-15-13(12)14(20)16-8-11-9-17-18-10-11/h3,5-6,9-10,19H,2,7-8H2,(H,16,20)(H,17,18). The van der Waals surface area contributed by atoms with Crippen molar-refractivity contribution < 1.29 is 9.90 Å². The van der Waals surface area contributed by atoms with Gasteiger partial charge in [-0.15, -0.1) is 0 Å². The number of carbonyl (C=O) groups excluding carboxylic acids is 1. The number of aromatic amines is 1. The Morgan fingerprint density at radius 2 is 2.40 bits per heavy atom. The summed E-state index contributed by atoms with van der Waals surface area (Å²) in [7, 11) is 0. The van der Waals surface area contributed by atoms with Gasteiger partial charge in [0.15, 0.2) is 0 Å². The van der Waals surface area contributed by atoms with Crippen LogP contribution in [0.15, 0.2) is 30.7 Å². The summed E-state index contributed by atoms with van der Waals surface area (Å²) in [5.74, 6) is 5.33. The van der Waals surface area contributed by atoms with Crippen molar-refractivity contribution in [3.63, 3.8) is 0 Å². The van der Waals surface area contributed by atoms with E-state index in [1.807, 2.05) is 0 Å². The molecule has 0 spiro atoms. The summed E-state index contributed by atoms with van der Waals surface area (Å²) in [6.07, 6.45) is 5.26. The van der Waals surface area contributed by atoms with E-state index in [-0.39, 0.29) is 18.2 Å². The molecule has 0 aliphatic rings. The molecule has 6 heteroatoms. The summed E-state index contributed by atoms with van der Waals surface area (Å²) in [6.45, 7) is 0.366. The summed E-state index contributed by atoms with van der Waals surface area (Å²) in [5, 5.41) is 17.9. The minimum absolute atomic E-state index is 0.00468. The Morgan fingerprint density at radius 1 is 1.50 bits per heavy atom. The number of hydrogen-bond acceptors (Lipinski definition) is 4. The fourth-order valence-electron chi connectivity index (χ4n) is 1.54. The maximum atomic E-state index is 12.1. The van der Waals surface area contributed by atoms with Gasteiger partial charge in [0.05, 0.1) is 18.4 Å². The van der Waals surface area contributed by atoms with Gasteiger partial charge in [-0.2, -0.15) is 5.10 Å². The quantitative estimate of drug-likeness (QED) is 0.704. The first-order valence-electron chi connectivity index (χ1n) is 6.12. The molecule has 102 valence electrons. The van der Waals surface area contributed by atoms with Crippen molar-refractivity contribution >= 4 is 5.91 Å². The Balaban J connectivity index is 2.07. The van der Waals surface area contributed by atoms with E-state index < -0.39 is 0 Å². The molecule has 1 amide bonds. The van der Waals surface area contributed by atoms with Crippen molar-refractivity contribution in [1.29, 1.82) is 0 Å². The van der Waals surface area contributed by atoms with Gasteiger partial charge in [0, 0.05) is 30.9 Å². The van der Waals surface area contributed by atoms with E-state index in [2.05, 4.69) is 32.3 Å². The highest BCUT2D eigenvalue weighted by Crippen LogP contribution is 2.04. The fraction of sp³-hybridized carbons (Fsp3) is 0.214. The van der Waals surface area contributed by atoms with Gasteiger partial charge in [0.1, 0.15) is 5.69 Å². The molecule has 0 atom stereocenters. The molecule has 0 fully saturated rings. The third kappa shape index (κ3) is 3.67. The monoisotopic (exact) mass is 270 g/mol. The molecule has 0 aromatic carbocycles. The van der Waals surface area contributed by atoms with Crippen molar-refractivity contribution in [2.75, 3.05) is 6.61 Å².